The van der Waals surface area contributed by atoms with Crippen molar-refractivity contribution in [2.24, 2.45) is 0 Å². The molecule has 0 spiro atoms. The van der Waals surface area contributed by atoms with E-state index in [9.17, 15) is 4.79 Å². The predicted molar refractivity (Wildman–Crippen MR) is 76.4 cm³/mol. The third-order valence-corrected chi connectivity index (χ3v) is 3.76. The Morgan fingerprint density at radius 3 is 2.84 bits per heavy atom. The van der Waals surface area contributed by atoms with Crippen LogP contribution in [0.25, 0.3) is 0 Å². The van der Waals surface area contributed by atoms with E-state index in [1.54, 1.807) is 24.3 Å². The molecule has 2 aromatic rings. The number of hydrogen-bond donors (Lipinski definition) is 1. The van der Waals surface area contributed by atoms with E-state index in [1.807, 2.05) is 12.1 Å². The minimum atomic E-state index is -0.0656. The van der Waals surface area contributed by atoms with Gasteiger partial charge in [0.25, 0.3) is 5.91 Å². The van der Waals surface area contributed by atoms with Gasteiger partial charge in [-0.3, -0.25) is 4.79 Å². The molecular formula is C16H14ClNO. The van der Waals surface area contributed by atoms with E-state index in [4.69, 9.17) is 11.6 Å². The molecule has 1 amide bonds. The number of benzene rings is 2. The quantitative estimate of drug-likeness (QED) is 0.885. The highest BCUT2D eigenvalue weighted by Crippen LogP contribution is 2.30. The first-order chi connectivity index (χ1) is 9.24. The fourth-order valence-electron chi connectivity index (χ4n) is 2.58. The first-order valence-electron chi connectivity index (χ1n) is 6.38. The van der Waals surface area contributed by atoms with Crippen LogP contribution in [0, 0.1) is 0 Å². The van der Waals surface area contributed by atoms with Crippen LogP contribution >= 0.6 is 11.6 Å². The van der Waals surface area contributed by atoms with Gasteiger partial charge in [-0.05, 0) is 42.2 Å². The topological polar surface area (TPSA) is 29.1 Å². The van der Waals surface area contributed by atoms with Gasteiger partial charge in [0.2, 0.25) is 0 Å². The number of nitrogens with one attached hydrogen (secondary N) is 1. The van der Waals surface area contributed by atoms with Crippen LogP contribution in [0.1, 0.15) is 33.9 Å². The average Bonchev–Trinajstić information content (AvgIpc) is 2.82. The molecule has 3 rings (SSSR count). The third kappa shape index (κ3) is 2.49. The highest BCUT2D eigenvalue weighted by atomic mass is 35.5. The Morgan fingerprint density at radius 2 is 2.00 bits per heavy atom. The minimum Gasteiger partial charge on any atom is -0.345 e. The van der Waals surface area contributed by atoms with Crippen LogP contribution < -0.4 is 5.32 Å². The molecule has 96 valence electrons. The summed E-state index contributed by atoms with van der Waals surface area (Å²) in [5.41, 5.74) is 3.17. The summed E-state index contributed by atoms with van der Waals surface area (Å²) in [4.78, 5) is 12.2. The Morgan fingerprint density at radius 1 is 1.16 bits per heavy atom. The Balaban J connectivity index is 1.78. The maximum absolute atomic E-state index is 12.2. The highest BCUT2D eigenvalue weighted by Gasteiger charge is 2.23. The first-order valence-corrected chi connectivity index (χ1v) is 6.76. The Kier molecular flexibility index (Phi) is 3.26. The van der Waals surface area contributed by atoms with Gasteiger partial charge in [-0.25, -0.2) is 0 Å². The Bertz CT molecular complexity index is 624. The summed E-state index contributed by atoms with van der Waals surface area (Å²) in [5.74, 6) is -0.0656. The lowest BCUT2D eigenvalue weighted by Crippen LogP contribution is -2.27. The fourth-order valence-corrected chi connectivity index (χ4v) is 2.77. The molecule has 2 nitrogen and oxygen atoms in total. The number of fused-ring (bicyclic) bond motifs is 1. The molecule has 0 aliphatic heterocycles. The third-order valence-electron chi connectivity index (χ3n) is 3.52. The van der Waals surface area contributed by atoms with E-state index in [-0.39, 0.29) is 11.9 Å². The molecule has 2 aromatic carbocycles. The zero-order chi connectivity index (χ0) is 13.2. The molecule has 0 unspecified atom stereocenters. The van der Waals surface area contributed by atoms with Gasteiger partial charge in [0.1, 0.15) is 0 Å². The molecule has 3 heteroatoms. The van der Waals surface area contributed by atoms with Crippen molar-refractivity contribution in [2.75, 3.05) is 0 Å². The van der Waals surface area contributed by atoms with Crippen molar-refractivity contribution in [2.45, 2.75) is 18.9 Å². The first kappa shape index (κ1) is 12.2. The molecule has 0 fully saturated rings. The largest absolute Gasteiger partial charge is 0.345 e. The minimum absolute atomic E-state index is 0.0656. The molecule has 0 aromatic heterocycles. The summed E-state index contributed by atoms with van der Waals surface area (Å²) < 4.78 is 0. The molecule has 0 radical (unpaired) electrons. The molecule has 1 atom stereocenters. The smallest absolute Gasteiger partial charge is 0.251 e. The van der Waals surface area contributed by atoms with Gasteiger partial charge in [0.05, 0.1) is 6.04 Å². The molecule has 0 saturated heterocycles. The van der Waals surface area contributed by atoms with Crippen molar-refractivity contribution in [1.29, 1.82) is 0 Å². The zero-order valence-corrected chi connectivity index (χ0v) is 11.2. The fraction of sp³-hybridized carbons (Fsp3) is 0.188. The van der Waals surface area contributed by atoms with Crippen molar-refractivity contribution in [3.8, 4) is 0 Å². The maximum Gasteiger partial charge on any atom is 0.251 e. The van der Waals surface area contributed by atoms with Crippen LogP contribution in [0.15, 0.2) is 48.5 Å². The summed E-state index contributed by atoms with van der Waals surface area (Å²) in [6, 6.07) is 15.4. The molecule has 0 saturated carbocycles. The van der Waals surface area contributed by atoms with Crippen molar-refractivity contribution in [1.82, 2.24) is 5.32 Å². The molecule has 0 heterocycles. The van der Waals surface area contributed by atoms with E-state index >= 15 is 0 Å². The second-order valence-electron chi connectivity index (χ2n) is 4.77. The maximum atomic E-state index is 12.2. The van der Waals surface area contributed by atoms with Gasteiger partial charge in [-0.1, -0.05) is 41.9 Å². The van der Waals surface area contributed by atoms with Gasteiger partial charge in [0, 0.05) is 10.6 Å². The van der Waals surface area contributed by atoms with E-state index in [2.05, 4.69) is 17.4 Å². The van der Waals surface area contributed by atoms with E-state index in [0.717, 1.165) is 12.8 Å². The van der Waals surface area contributed by atoms with Crippen LogP contribution in [0.3, 0.4) is 0 Å². The number of carbonyl (C=O) groups excluding carboxylic acids is 1. The van der Waals surface area contributed by atoms with Crippen molar-refractivity contribution < 1.29 is 4.79 Å². The van der Waals surface area contributed by atoms with E-state index in [1.165, 1.54) is 11.1 Å². The molecule has 1 aliphatic rings. The van der Waals surface area contributed by atoms with Crippen LogP contribution in [-0.2, 0) is 6.42 Å². The summed E-state index contributed by atoms with van der Waals surface area (Å²) in [6.45, 7) is 0. The van der Waals surface area contributed by atoms with Gasteiger partial charge in [-0.2, -0.15) is 0 Å². The molecule has 1 aliphatic carbocycles. The summed E-state index contributed by atoms with van der Waals surface area (Å²) in [7, 11) is 0. The number of amides is 1. The van der Waals surface area contributed by atoms with Crippen molar-refractivity contribution >= 4 is 17.5 Å². The highest BCUT2D eigenvalue weighted by molar-refractivity contribution is 6.30. The number of aryl methyl sites for hydroxylation is 1. The lowest BCUT2D eigenvalue weighted by molar-refractivity contribution is 0.0936. The van der Waals surface area contributed by atoms with Gasteiger partial charge in [0.15, 0.2) is 0 Å². The average molecular weight is 272 g/mol. The predicted octanol–water partition coefficient (Wildman–Crippen LogP) is 3.76. The van der Waals surface area contributed by atoms with Crippen molar-refractivity contribution in [3.63, 3.8) is 0 Å². The lowest BCUT2D eigenvalue weighted by atomic mass is 10.1. The second kappa shape index (κ2) is 5.06. The van der Waals surface area contributed by atoms with Crippen LogP contribution in [0.5, 0.6) is 0 Å². The van der Waals surface area contributed by atoms with E-state index < -0.39 is 0 Å². The van der Waals surface area contributed by atoms with Gasteiger partial charge >= 0.3 is 0 Å². The number of halogens is 1. The summed E-state index contributed by atoms with van der Waals surface area (Å²) >= 11 is 5.91. The standard InChI is InChI=1S/C16H14ClNO/c17-13-6-3-5-12(10-13)16(19)18-15-9-8-11-4-1-2-7-14(11)15/h1-7,10,15H,8-9H2,(H,18,19)/t15-/m0/s1. The normalized spacial score (nSPS) is 17.0. The molecule has 0 bridgehead atoms. The molecule has 1 N–H and O–H groups in total. The molecular weight excluding hydrogens is 258 g/mol. The van der Waals surface area contributed by atoms with E-state index in [0.29, 0.717) is 10.6 Å². The van der Waals surface area contributed by atoms with Crippen molar-refractivity contribution in [3.05, 3.63) is 70.2 Å². The Hall–Kier alpha value is -1.80. The monoisotopic (exact) mass is 271 g/mol. The molecule has 19 heavy (non-hydrogen) atoms. The number of carbonyl (C=O) groups is 1. The van der Waals surface area contributed by atoms with Crippen LogP contribution in [0.4, 0.5) is 0 Å². The van der Waals surface area contributed by atoms with Gasteiger partial charge < -0.3 is 5.32 Å². The van der Waals surface area contributed by atoms with Crippen LogP contribution in [-0.4, -0.2) is 5.91 Å². The summed E-state index contributed by atoms with van der Waals surface area (Å²) in [5, 5.41) is 3.66. The number of hydrogen-bond acceptors (Lipinski definition) is 1. The summed E-state index contributed by atoms with van der Waals surface area (Å²) in [6.07, 6.45) is 1.99. The zero-order valence-electron chi connectivity index (χ0n) is 10.4. The van der Waals surface area contributed by atoms with Crippen LogP contribution in [0.2, 0.25) is 5.02 Å². The second-order valence-corrected chi connectivity index (χ2v) is 5.21. The van der Waals surface area contributed by atoms with Gasteiger partial charge in [-0.15, -0.1) is 0 Å². The lowest BCUT2D eigenvalue weighted by Gasteiger charge is -2.14. The SMILES string of the molecule is O=C(N[C@H]1CCc2ccccc21)c1cccc(Cl)c1. The number of rotatable bonds is 2. The Labute approximate surface area is 117 Å².